The Labute approximate surface area is 96.2 Å². The van der Waals surface area contributed by atoms with Crippen LogP contribution in [0.15, 0.2) is 0 Å². The monoisotopic (exact) mass is 221 g/mol. The van der Waals surface area contributed by atoms with E-state index in [2.05, 4.69) is 23.8 Å². The summed E-state index contributed by atoms with van der Waals surface area (Å²) in [4.78, 5) is 9.19. The van der Waals surface area contributed by atoms with Gasteiger partial charge in [-0.3, -0.25) is 0 Å². The molecule has 0 bridgehead atoms. The summed E-state index contributed by atoms with van der Waals surface area (Å²) in [6.45, 7) is 6.21. The molecule has 0 aromatic carbocycles. The first-order valence-electron chi connectivity index (χ1n) is 5.88. The molecule has 0 radical (unpaired) electrons. The molecule has 16 heavy (non-hydrogen) atoms. The maximum Gasteiger partial charge on any atom is 0.131 e. The van der Waals surface area contributed by atoms with Crippen LogP contribution in [0.3, 0.4) is 0 Å². The summed E-state index contributed by atoms with van der Waals surface area (Å²) in [7, 11) is 0. The summed E-state index contributed by atoms with van der Waals surface area (Å²) in [5.41, 5.74) is 9.11. The molecule has 4 heteroatoms. The molecule has 0 atom stereocenters. The van der Waals surface area contributed by atoms with Crippen molar-refractivity contribution in [3.05, 3.63) is 22.8 Å². The summed E-state index contributed by atoms with van der Waals surface area (Å²) in [5, 5.41) is 0. The fraction of sp³-hybridized carbons (Fsp3) is 0.667. The minimum Gasteiger partial charge on any atom is -0.381 e. The minimum atomic E-state index is 0.347. The molecule has 1 aliphatic rings. The van der Waals surface area contributed by atoms with Crippen molar-refractivity contribution in [3.63, 3.8) is 0 Å². The number of nitrogens with two attached hydrogens (primary N) is 1. The van der Waals surface area contributed by atoms with E-state index in [0.717, 1.165) is 43.3 Å². The lowest BCUT2D eigenvalue weighted by Gasteiger charge is -2.13. The highest BCUT2D eigenvalue weighted by Crippen LogP contribution is 2.19. The van der Waals surface area contributed by atoms with Crippen LogP contribution in [0.5, 0.6) is 0 Å². The number of hydrogen-bond donors (Lipinski definition) is 1. The molecule has 0 unspecified atom stereocenters. The standard InChI is InChI=1S/C12H19N3O/c1-8(2)12-14-10-4-6-16-5-3-9(10)11(7-13)15-12/h8H,3-7,13H2,1-2H3. The van der Waals surface area contributed by atoms with Gasteiger partial charge in [0.05, 0.1) is 18.9 Å². The maximum absolute atomic E-state index is 5.76. The Morgan fingerprint density at radius 2 is 2.00 bits per heavy atom. The lowest BCUT2D eigenvalue weighted by molar-refractivity contribution is 0.146. The minimum absolute atomic E-state index is 0.347. The van der Waals surface area contributed by atoms with Crippen molar-refractivity contribution >= 4 is 0 Å². The predicted molar refractivity (Wildman–Crippen MR) is 62.2 cm³/mol. The van der Waals surface area contributed by atoms with E-state index < -0.39 is 0 Å². The van der Waals surface area contributed by atoms with Gasteiger partial charge in [0.2, 0.25) is 0 Å². The molecule has 1 aliphatic heterocycles. The molecule has 2 N–H and O–H groups in total. The van der Waals surface area contributed by atoms with Gasteiger partial charge in [-0.05, 0) is 12.0 Å². The lowest BCUT2D eigenvalue weighted by Crippen LogP contribution is -2.13. The maximum atomic E-state index is 5.76. The number of nitrogens with zero attached hydrogens (tertiary/aromatic N) is 2. The zero-order valence-electron chi connectivity index (χ0n) is 9.99. The van der Waals surface area contributed by atoms with Crippen molar-refractivity contribution in [1.82, 2.24) is 9.97 Å². The third-order valence-electron chi connectivity index (χ3n) is 2.89. The molecule has 0 saturated carbocycles. The first-order chi connectivity index (χ1) is 7.72. The van der Waals surface area contributed by atoms with E-state index >= 15 is 0 Å². The third-order valence-corrected chi connectivity index (χ3v) is 2.89. The zero-order valence-corrected chi connectivity index (χ0v) is 9.99. The molecule has 88 valence electrons. The lowest BCUT2D eigenvalue weighted by atomic mass is 10.1. The van der Waals surface area contributed by atoms with Gasteiger partial charge in [0, 0.05) is 24.6 Å². The SMILES string of the molecule is CC(C)c1nc(CN)c2c(n1)CCOCC2. The van der Waals surface area contributed by atoms with Crippen molar-refractivity contribution in [2.75, 3.05) is 13.2 Å². The molecule has 0 aliphatic carbocycles. The van der Waals surface area contributed by atoms with Crippen LogP contribution in [0.4, 0.5) is 0 Å². The molecule has 2 rings (SSSR count). The highest BCUT2D eigenvalue weighted by atomic mass is 16.5. The number of aromatic nitrogens is 2. The van der Waals surface area contributed by atoms with Crippen molar-refractivity contribution in [2.24, 2.45) is 5.73 Å². The molecule has 0 fully saturated rings. The van der Waals surface area contributed by atoms with Crippen LogP contribution in [0.2, 0.25) is 0 Å². The second kappa shape index (κ2) is 4.89. The van der Waals surface area contributed by atoms with Gasteiger partial charge in [-0.15, -0.1) is 0 Å². The Hall–Kier alpha value is -1.00. The average Bonchev–Trinajstić information content (AvgIpc) is 2.52. The molecule has 1 aromatic heterocycles. The van der Waals surface area contributed by atoms with Crippen molar-refractivity contribution in [1.29, 1.82) is 0 Å². The fourth-order valence-electron chi connectivity index (χ4n) is 1.97. The van der Waals surface area contributed by atoms with E-state index in [-0.39, 0.29) is 0 Å². The number of ether oxygens (including phenoxy) is 1. The summed E-state index contributed by atoms with van der Waals surface area (Å²) < 4.78 is 5.47. The summed E-state index contributed by atoms with van der Waals surface area (Å²) in [6, 6.07) is 0. The first kappa shape index (κ1) is 11.5. The first-order valence-corrected chi connectivity index (χ1v) is 5.88. The fourth-order valence-corrected chi connectivity index (χ4v) is 1.97. The highest BCUT2D eigenvalue weighted by Gasteiger charge is 2.17. The molecular weight excluding hydrogens is 202 g/mol. The van der Waals surface area contributed by atoms with E-state index in [9.17, 15) is 0 Å². The Morgan fingerprint density at radius 3 is 2.69 bits per heavy atom. The molecule has 0 saturated heterocycles. The quantitative estimate of drug-likeness (QED) is 0.814. The highest BCUT2D eigenvalue weighted by molar-refractivity contribution is 5.28. The van der Waals surface area contributed by atoms with Crippen LogP contribution < -0.4 is 5.73 Å². The van der Waals surface area contributed by atoms with Gasteiger partial charge in [0.25, 0.3) is 0 Å². The molecule has 2 heterocycles. The third kappa shape index (κ3) is 2.23. The van der Waals surface area contributed by atoms with Crippen LogP contribution in [0, 0.1) is 0 Å². The molecular formula is C12H19N3O. The Morgan fingerprint density at radius 1 is 1.25 bits per heavy atom. The Balaban J connectivity index is 2.46. The van der Waals surface area contributed by atoms with Crippen LogP contribution in [0.1, 0.15) is 42.5 Å². The van der Waals surface area contributed by atoms with E-state index in [1.165, 1.54) is 5.56 Å². The number of rotatable bonds is 2. The van der Waals surface area contributed by atoms with Crippen molar-refractivity contribution in [3.8, 4) is 0 Å². The van der Waals surface area contributed by atoms with Gasteiger partial charge in [-0.2, -0.15) is 0 Å². The summed E-state index contributed by atoms with van der Waals surface area (Å²) >= 11 is 0. The van der Waals surface area contributed by atoms with E-state index in [0.29, 0.717) is 12.5 Å². The molecule has 1 aromatic rings. The largest absolute Gasteiger partial charge is 0.381 e. The second-order valence-electron chi connectivity index (χ2n) is 4.42. The van der Waals surface area contributed by atoms with Gasteiger partial charge >= 0.3 is 0 Å². The zero-order chi connectivity index (χ0) is 11.5. The molecule has 0 amide bonds. The molecule has 4 nitrogen and oxygen atoms in total. The average molecular weight is 221 g/mol. The van der Waals surface area contributed by atoms with Crippen LogP contribution in [0.25, 0.3) is 0 Å². The number of fused-ring (bicyclic) bond motifs is 1. The van der Waals surface area contributed by atoms with Gasteiger partial charge in [0.15, 0.2) is 0 Å². The predicted octanol–water partition coefficient (Wildman–Crippen LogP) is 1.17. The van der Waals surface area contributed by atoms with Gasteiger partial charge in [0.1, 0.15) is 5.82 Å². The van der Waals surface area contributed by atoms with Crippen LogP contribution >= 0.6 is 0 Å². The van der Waals surface area contributed by atoms with Gasteiger partial charge in [-0.25, -0.2) is 9.97 Å². The molecule has 0 spiro atoms. The summed E-state index contributed by atoms with van der Waals surface area (Å²) in [5.74, 6) is 1.25. The van der Waals surface area contributed by atoms with E-state index in [1.54, 1.807) is 0 Å². The summed E-state index contributed by atoms with van der Waals surface area (Å²) in [6.07, 6.45) is 1.77. The van der Waals surface area contributed by atoms with Crippen LogP contribution in [-0.4, -0.2) is 23.2 Å². The van der Waals surface area contributed by atoms with Crippen molar-refractivity contribution < 1.29 is 4.74 Å². The number of hydrogen-bond acceptors (Lipinski definition) is 4. The Kier molecular flexibility index (Phi) is 3.51. The van der Waals surface area contributed by atoms with Crippen molar-refractivity contribution in [2.45, 2.75) is 39.2 Å². The Bertz CT molecular complexity index is 377. The second-order valence-corrected chi connectivity index (χ2v) is 4.42. The van der Waals surface area contributed by atoms with Gasteiger partial charge < -0.3 is 10.5 Å². The van der Waals surface area contributed by atoms with Gasteiger partial charge in [-0.1, -0.05) is 13.8 Å². The van der Waals surface area contributed by atoms with Crippen LogP contribution in [-0.2, 0) is 24.1 Å². The normalized spacial score (nSPS) is 16.0. The van der Waals surface area contributed by atoms with E-state index in [1.807, 2.05) is 0 Å². The van der Waals surface area contributed by atoms with E-state index in [4.69, 9.17) is 10.5 Å². The topological polar surface area (TPSA) is 61.0 Å². The smallest absolute Gasteiger partial charge is 0.131 e.